The van der Waals surface area contributed by atoms with Gasteiger partial charge in [-0.3, -0.25) is 0 Å². The molecule has 0 unspecified atom stereocenters. The molecule has 0 heterocycles. The molecule has 0 N–H and O–H groups in total. The largest absolute Gasteiger partial charge is 0.0977 e. The minimum absolute atomic E-state index is 1.04. The zero-order valence-electron chi connectivity index (χ0n) is 10.0. The van der Waals surface area contributed by atoms with Crippen molar-refractivity contribution in [3.63, 3.8) is 0 Å². The van der Waals surface area contributed by atoms with Gasteiger partial charge in [0.2, 0.25) is 0 Å². The number of rotatable bonds is 1. The Kier molecular flexibility index (Phi) is 2.58. The first-order valence-electron chi connectivity index (χ1n) is 6.01. The van der Waals surface area contributed by atoms with Crippen LogP contribution < -0.4 is 5.46 Å². The summed E-state index contributed by atoms with van der Waals surface area (Å²) < 4.78 is 0. The quantitative estimate of drug-likeness (QED) is 0.543. The molecule has 0 saturated heterocycles. The second kappa shape index (κ2) is 4.10. The highest BCUT2D eigenvalue weighted by atomic mass is 14.2. The van der Waals surface area contributed by atoms with Crippen LogP contribution in [-0.2, 0) is 12.8 Å². The van der Waals surface area contributed by atoms with Crippen LogP contribution in [0, 0.1) is 6.92 Å². The van der Waals surface area contributed by atoms with Gasteiger partial charge in [0.05, 0.1) is 7.17 Å². The highest BCUT2D eigenvalue weighted by molar-refractivity contribution is 6.97. The van der Waals surface area contributed by atoms with Crippen LogP contribution >= 0.6 is 0 Å². The van der Waals surface area contributed by atoms with Gasteiger partial charge in [0.15, 0.2) is 0 Å². The van der Waals surface area contributed by atoms with Crippen molar-refractivity contribution in [2.24, 2.45) is 0 Å². The number of benzene rings is 2. The van der Waals surface area contributed by atoms with Crippen LogP contribution in [0.3, 0.4) is 0 Å². The lowest BCUT2D eigenvalue weighted by atomic mass is 9.51. The zero-order chi connectivity index (χ0) is 11.8. The van der Waals surface area contributed by atoms with E-state index in [9.17, 15) is 0 Å². The topological polar surface area (TPSA) is 0 Å². The summed E-state index contributed by atoms with van der Waals surface area (Å²) >= 11 is 0. The fourth-order valence-electron chi connectivity index (χ4n) is 2.59. The lowest BCUT2D eigenvalue weighted by Crippen LogP contribution is -2.18. The third-order valence-electron chi connectivity index (χ3n) is 3.55. The first-order chi connectivity index (χ1) is 8.26. The lowest BCUT2D eigenvalue weighted by molar-refractivity contribution is 0.999. The van der Waals surface area contributed by atoms with Crippen molar-refractivity contribution >= 4 is 20.4 Å². The molecule has 79 valence electrons. The summed E-state index contributed by atoms with van der Waals surface area (Å²) in [5.74, 6) is 0. The van der Waals surface area contributed by atoms with Crippen molar-refractivity contribution in [3.05, 3.63) is 64.2 Å². The molecule has 0 nitrogen and oxygen atoms in total. The van der Waals surface area contributed by atoms with Crippen molar-refractivity contribution in [2.45, 2.75) is 19.8 Å². The molecule has 1 aliphatic rings. The van der Waals surface area contributed by atoms with Gasteiger partial charge >= 0.3 is 0 Å². The molecule has 2 aromatic carbocycles. The maximum Gasteiger partial charge on any atom is 0.0957 e. The van der Waals surface area contributed by atoms with E-state index in [-0.39, 0.29) is 0 Å². The van der Waals surface area contributed by atoms with Gasteiger partial charge in [0.1, 0.15) is 0 Å². The predicted molar refractivity (Wildman–Crippen MR) is 74.4 cm³/mol. The van der Waals surface area contributed by atoms with Crippen LogP contribution in [0.5, 0.6) is 0 Å². The molecule has 0 atom stereocenters. The van der Waals surface area contributed by atoms with Gasteiger partial charge in [-0.15, -0.1) is 0 Å². The number of aryl methyl sites for hydroxylation is 1. The second-order valence-corrected chi connectivity index (χ2v) is 4.82. The van der Waals surface area contributed by atoms with Gasteiger partial charge in [-0.2, -0.15) is 0 Å². The molecular formula is C15H13B2. The fraction of sp³-hybridized carbons (Fsp3) is 0.200. The van der Waals surface area contributed by atoms with Crippen LogP contribution in [0.25, 0.3) is 0 Å². The summed E-state index contributed by atoms with van der Waals surface area (Å²) in [6.45, 7) is 2.15. The summed E-state index contributed by atoms with van der Waals surface area (Å²) in [5.41, 5.74) is 8.24. The van der Waals surface area contributed by atoms with Crippen LogP contribution in [-0.4, -0.2) is 14.9 Å². The first kappa shape index (κ1) is 10.7. The second-order valence-electron chi connectivity index (χ2n) is 4.82. The van der Waals surface area contributed by atoms with Crippen molar-refractivity contribution < 1.29 is 0 Å². The Hall–Kier alpha value is -1.43. The van der Waals surface area contributed by atoms with E-state index >= 15 is 0 Å². The van der Waals surface area contributed by atoms with Crippen LogP contribution in [0.4, 0.5) is 0 Å². The molecular weight excluding hydrogens is 202 g/mol. The Bertz CT molecular complexity index is 573. The first-order valence-corrected chi connectivity index (χ1v) is 6.01. The van der Waals surface area contributed by atoms with E-state index < -0.39 is 0 Å². The maximum absolute atomic E-state index is 5.58. The summed E-state index contributed by atoms with van der Waals surface area (Å²) in [6, 6.07) is 13.3. The summed E-state index contributed by atoms with van der Waals surface area (Å²) in [6.07, 6.45) is 2.09. The van der Waals surface area contributed by atoms with Gasteiger partial charge in [0.25, 0.3) is 0 Å². The third kappa shape index (κ3) is 1.93. The molecule has 0 amide bonds. The van der Waals surface area contributed by atoms with Crippen LogP contribution in [0.15, 0.2) is 36.4 Å². The van der Waals surface area contributed by atoms with Crippen LogP contribution in [0.2, 0.25) is 0 Å². The maximum atomic E-state index is 5.58. The standard InChI is InChI=1S/C15H13B2/c1-10-2-3-11-7-12-4-5-15(17-16)9-14(12)8-13(11)6-10/h2-6,9H,7-8H2,1H3. The molecule has 0 spiro atoms. The Morgan fingerprint density at radius 2 is 1.53 bits per heavy atom. The van der Waals surface area contributed by atoms with E-state index in [4.69, 9.17) is 7.74 Å². The molecule has 1 aliphatic carbocycles. The molecule has 17 heavy (non-hydrogen) atoms. The molecule has 0 aliphatic heterocycles. The van der Waals surface area contributed by atoms with Gasteiger partial charge in [-0.1, -0.05) is 47.4 Å². The molecule has 2 heteroatoms. The number of hydrogen-bond donors (Lipinski definition) is 0. The van der Waals surface area contributed by atoms with Crippen LogP contribution in [0.1, 0.15) is 27.8 Å². The SMILES string of the molecule is [B][B]c1ccc2c(c1)Cc1cc(C)ccc1C2. The summed E-state index contributed by atoms with van der Waals surface area (Å²) in [5, 5.41) is 0. The van der Waals surface area contributed by atoms with Crippen molar-refractivity contribution in [1.82, 2.24) is 0 Å². The van der Waals surface area contributed by atoms with Crippen molar-refractivity contribution in [3.8, 4) is 0 Å². The van der Waals surface area contributed by atoms with Gasteiger partial charge < -0.3 is 0 Å². The van der Waals surface area contributed by atoms with E-state index in [1.54, 1.807) is 7.17 Å². The monoisotopic (exact) mass is 215 g/mol. The Morgan fingerprint density at radius 3 is 2.29 bits per heavy atom. The van der Waals surface area contributed by atoms with Gasteiger partial charge in [-0.05, 0) is 42.0 Å². The van der Waals surface area contributed by atoms with Crippen molar-refractivity contribution in [1.29, 1.82) is 0 Å². The highest BCUT2D eigenvalue weighted by Crippen LogP contribution is 2.26. The molecule has 0 bridgehead atoms. The van der Waals surface area contributed by atoms with Crippen molar-refractivity contribution in [2.75, 3.05) is 0 Å². The summed E-state index contributed by atoms with van der Waals surface area (Å²) in [7, 11) is 7.25. The molecule has 0 fully saturated rings. The minimum atomic E-state index is 1.04. The van der Waals surface area contributed by atoms with Gasteiger partial charge in [0, 0.05) is 7.74 Å². The van der Waals surface area contributed by atoms with Gasteiger partial charge in [-0.25, -0.2) is 0 Å². The minimum Gasteiger partial charge on any atom is -0.0977 e. The normalized spacial score (nSPS) is 12.8. The smallest absolute Gasteiger partial charge is 0.0957 e. The predicted octanol–water partition coefficient (Wildman–Crippen LogP) is 1.90. The summed E-state index contributed by atoms with van der Waals surface area (Å²) in [4.78, 5) is 0. The third-order valence-corrected chi connectivity index (χ3v) is 3.55. The Morgan fingerprint density at radius 1 is 0.882 bits per heavy atom. The average molecular weight is 215 g/mol. The van der Waals surface area contributed by atoms with E-state index in [1.165, 1.54) is 27.8 Å². The van der Waals surface area contributed by atoms with E-state index in [0.717, 1.165) is 18.3 Å². The molecule has 3 radical (unpaired) electrons. The Labute approximate surface area is 105 Å². The van der Waals surface area contributed by atoms with E-state index in [1.807, 2.05) is 0 Å². The molecule has 2 aromatic rings. The molecule has 0 aromatic heterocycles. The molecule has 0 saturated carbocycles. The molecule has 3 rings (SSSR count). The van der Waals surface area contributed by atoms with E-state index in [0.29, 0.717) is 0 Å². The van der Waals surface area contributed by atoms with E-state index in [2.05, 4.69) is 43.3 Å². The average Bonchev–Trinajstić information content (AvgIpc) is 2.35. The number of fused-ring (bicyclic) bond motifs is 2. The lowest BCUT2D eigenvalue weighted by Gasteiger charge is -2.21. The highest BCUT2D eigenvalue weighted by Gasteiger charge is 2.15. The fourth-order valence-corrected chi connectivity index (χ4v) is 2.59. The zero-order valence-corrected chi connectivity index (χ0v) is 10.0. The number of hydrogen-bond acceptors (Lipinski definition) is 0. The Balaban J connectivity index is 2.05.